The molecule has 0 aliphatic carbocycles. The van der Waals surface area contributed by atoms with Gasteiger partial charge in [-0.2, -0.15) is 0 Å². The first kappa shape index (κ1) is 15.4. The fourth-order valence-corrected chi connectivity index (χ4v) is 1.45. The van der Waals surface area contributed by atoms with Gasteiger partial charge in [0.2, 0.25) is 0 Å². The van der Waals surface area contributed by atoms with E-state index in [4.69, 9.17) is 0 Å². The van der Waals surface area contributed by atoms with Gasteiger partial charge >= 0.3 is 58.4 Å². The Balaban J connectivity index is 0.00000169. The molecule has 1 nitrogen and oxygen atoms in total. The molecular weight excluding hydrogens is 224 g/mol. The van der Waals surface area contributed by atoms with Crippen LogP contribution in [0.2, 0.25) is 6.32 Å². The summed E-state index contributed by atoms with van der Waals surface area (Å²) in [6.07, 6.45) is -0.778. The third-order valence-corrected chi connectivity index (χ3v) is 2.29. The minimum atomic E-state index is -4.68. The van der Waals surface area contributed by atoms with Crippen LogP contribution in [0.25, 0.3) is 0 Å². The van der Waals surface area contributed by atoms with Gasteiger partial charge in [-0.05, 0) is 19.4 Å². The smallest absolute Gasteiger partial charge is 0.449 e. The number of halogens is 4. The molecule has 0 aromatic rings. The Bertz CT molecular complexity index is 158. The van der Waals surface area contributed by atoms with Crippen LogP contribution in [-0.4, -0.2) is 37.7 Å². The Morgan fingerprint density at radius 2 is 1.64 bits per heavy atom. The largest absolute Gasteiger partial charge is 1.00 e. The van der Waals surface area contributed by atoms with Crippen LogP contribution in [0.1, 0.15) is 12.8 Å². The van der Waals surface area contributed by atoms with Crippen molar-refractivity contribution >= 4 is 6.98 Å². The number of hydrogen-bond donors (Lipinski definition) is 0. The molecule has 0 unspecified atom stereocenters. The number of hydrogen-bond acceptors (Lipinski definition) is 1. The van der Waals surface area contributed by atoms with Gasteiger partial charge in [-0.1, -0.05) is 6.32 Å². The molecule has 7 heteroatoms. The van der Waals surface area contributed by atoms with Crippen molar-refractivity contribution in [3.8, 4) is 0 Å². The molecule has 0 bridgehead atoms. The Morgan fingerprint density at radius 3 is 2.07 bits per heavy atom. The van der Waals surface area contributed by atoms with Crippen molar-refractivity contribution in [1.82, 2.24) is 4.90 Å². The standard InChI is InChI=1S/C7H13BF4N.K/c9-7-1-4-13(5-2-7)6-3-8(10,11)12;/h7H,1-6H2;/q-1;+1. The number of piperidine rings is 1. The molecule has 78 valence electrons. The van der Waals surface area contributed by atoms with Crippen molar-refractivity contribution in [2.24, 2.45) is 0 Å². The number of alkyl halides is 1. The van der Waals surface area contributed by atoms with E-state index in [1.807, 2.05) is 0 Å². The molecule has 0 spiro atoms. The van der Waals surface area contributed by atoms with Gasteiger partial charge in [0, 0.05) is 13.1 Å². The molecule has 0 amide bonds. The van der Waals surface area contributed by atoms with Crippen LogP contribution in [0.4, 0.5) is 17.3 Å². The molecule has 0 atom stereocenters. The van der Waals surface area contributed by atoms with Crippen LogP contribution in [0, 0.1) is 0 Å². The molecule has 0 aromatic carbocycles. The maximum Gasteiger partial charge on any atom is 1.00 e. The molecule has 14 heavy (non-hydrogen) atoms. The monoisotopic (exact) mass is 237 g/mol. The minimum Gasteiger partial charge on any atom is -0.449 e. The van der Waals surface area contributed by atoms with Crippen molar-refractivity contribution in [3.63, 3.8) is 0 Å². The zero-order chi connectivity index (χ0) is 9.90. The van der Waals surface area contributed by atoms with Gasteiger partial charge < -0.3 is 17.8 Å². The van der Waals surface area contributed by atoms with E-state index in [2.05, 4.69) is 0 Å². The molecule has 1 rings (SSSR count). The van der Waals surface area contributed by atoms with Gasteiger partial charge in [0.15, 0.2) is 0 Å². The Kier molecular flexibility index (Phi) is 7.53. The fourth-order valence-electron chi connectivity index (χ4n) is 1.45. The van der Waals surface area contributed by atoms with Gasteiger partial charge in [0.1, 0.15) is 6.17 Å². The van der Waals surface area contributed by atoms with Crippen LogP contribution >= 0.6 is 0 Å². The zero-order valence-electron chi connectivity index (χ0n) is 8.36. The van der Waals surface area contributed by atoms with Gasteiger partial charge in [0.05, 0.1) is 0 Å². The molecule has 1 fully saturated rings. The van der Waals surface area contributed by atoms with Crippen molar-refractivity contribution < 1.29 is 68.7 Å². The quantitative estimate of drug-likeness (QED) is 0.462. The van der Waals surface area contributed by atoms with Gasteiger partial charge in [0.25, 0.3) is 0 Å². The maximum atomic E-state index is 12.6. The molecule has 1 aliphatic heterocycles. The third-order valence-electron chi connectivity index (χ3n) is 2.29. The Labute approximate surface area is 124 Å². The number of nitrogens with zero attached hydrogens (tertiary/aromatic N) is 1. The summed E-state index contributed by atoms with van der Waals surface area (Å²) >= 11 is 0. The molecule has 0 radical (unpaired) electrons. The Hall–Kier alpha value is 1.38. The Morgan fingerprint density at radius 1 is 1.14 bits per heavy atom. The average molecular weight is 237 g/mol. The summed E-state index contributed by atoms with van der Waals surface area (Å²) in [5.74, 6) is 0. The van der Waals surface area contributed by atoms with Crippen LogP contribution < -0.4 is 51.4 Å². The van der Waals surface area contributed by atoms with Gasteiger partial charge in [-0.25, -0.2) is 4.39 Å². The second kappa shape index (κ2) is 6.86. The van der Waals surface area contributed by atoms with Crippen LogP contribution in [0.15, 0.2) is 0 Å². The first-order valence-corrected chi connectivity index (χ1v) is 4.55. The van der Waals surface area contributed by atoms with Crippen molar-refractivity contribution in [2.75, 3.05) is 19.6 Å². The van der Waals surface area contributed by atoms with Gasteiger partial charge in [-0.15, -0.1) is 0 Å². The summed E-state index contributed by atoms with van der Waals surface area (Å²) in [5, 5.41) is 0. The summed E-state index contributed by atoms with van der Waals surface area (Å²) in [6, 6.07) is 0. The molecule has 0 saturated carbocycles. The van der Waals surface area contributed by atoms with Crippen LogP contribution in [-0.2, 0) is 0 Å². The summed E-state index contributed by atoms with van der Waals surface area (Å²) in [7, 11) is 0. The molecule has 0 N–H and O–H groups in total. The zero-order valence-corrected chi connectivity index (χ0v) is 11.5. The van der Waals surface area contributed by atoms with E-state index in [0.29, 0.717) is 25.9 Å². The van der Waals surface area contributed by atoms with Crippen LogP contribution in [0.3, 0.4) is 0 Å². The maximum absolute atomic E-state index is 12.6. The third kappa shape index (κ3) is 6.79. The van der Waals surface area contributed by atoms with Crippen molar-refractivity contribution in [3.05, 3.63) is 0 Å². The van der Waals surface area contributed by atoms with Gasteiger partial charge in [-0.3, -0.25) is 0 Å². The minimum absolute atomic E-state index is 0. The summed E-state index contributed by atoms with van der Waals surface area (Å²) in [5.41, 5.74) is 0. The van der Waals surface area contributed by atoms with E-state index in [1.54, 1.807) is 4.90 Å². The molecule has 1 aliphatic rings. The molecule has 1 heterocycles. The fraction of sp³-hybridized carbons (Fsp3) is 1.00. The summed E-state index contributed by atoms with van der Waals surface area (Å²) in [6.45, 7) is -3.71. The van der Waals surface area contributed by atoms with E-state index in [0.717, 1.165) is 0 Å². The van der Waals surface area contributed by atoms with Crippen molar-refractivity contribution in [2.45, 2.75) is 25.3 Å². The van der Waals surface area contributed by atoms with E-state index < -0.39 is 19.5 Å². The number of likely N-dealkylation sites (tertiary alicyclic amines) is 1. The van der Waals surface area contributed by atoms with E-state index in [-0.39, 0.29) is 57.9 Å². The predicted octanol–water partition coefficient (Wildman–Crippen LogP) is -0.728. The average Bonchev–Trinajstić information content (AvgIpc) is 2.02. The number of rotatable bonds is 3. The second-order valence-electron chi connectivity index (χ2n) is 3.52. The summed E-state index contributed by atoms with van der Waals surface area (Å²) < 4.78 is 48.1. The first-order chi connectivity index (χ1) is 5.97. The van der Waals surface area contributed by atoms with E-state index in [9.17, 15) is 17.3 Å². The molecule has 0 aromatic heterocycles. The van der Waals surface area contributed by atoms with Crippen molar-refractivity contribution in [1.29, 1.82) is 0 Å². The molecule has 1 saturated heterocycles. The van der Waals surface area contributed by atoms with Crippen LogP contribution in [0.5, 0.6) is 0 Å². The first-order valence-electron chi connectivity index (χ1n) is 4.55. The second-order valence-corrected chi connectivity index (χ2v) is 3.52. The topological polar surface area (TPSA) is 3.24 Å². The molecular formula is C7H13BF4KN. The summed E-state index contributed by atoms with van der Waals surface area (Å²) in [4.78, 5) is 1.69. The van der Waals surface area contributed by atoms with E-state index >= 15 is 0 Å². The predicted molar refractivity (Wildman–Crippen MR) is 44.5 cm³/mol. The van der Waals surface area contributed by atoms with E-state index in [1.165, 1.54) is 0 Å². The SMILES string of the molecule is FC1CCN(CC[B-](F)(F)F)CC1.[K+]. The normalized spacial score (nSPS) is 20.6.